The van der Waals surface area contributed by atoms with Gasteiger partial charge in [0.15, 0.2) is 0 Å². The highest BCUT2D eigenvalue weighted by atomic mass is 16.6. The van der Waals surface area contributed by atoms with Crippen LogP contribution in [0.3, 0.4) is 0 Å². The van der Waals surface area contributed by atoms with Crippen molar-refractivity contribution in [1.29, 1.82) is 0 Å². The van der Waals surface area contributed by atoms with Crippen LogP contribution < -0.4 is 4.90 Å². The first-order valence-electron chi connectivity index (χ1n) is 8.86. The molecule has 1 aromatic heterocycles. The number of carbonyl (C=O) groups excluding carboxylic acids is 1. The Kier molecular flexibility index (Phi) is 4.58. The van der Waals surface area contributed by atoms with Crippen LogP contribution in [0.25, 0.3) is 10.9 Å². The SMILES string of the molecule is C[C@H]1CN(c2cccc3cccnc23)[C@@H](C)CN1C(=O)OC(C)(C)C. The molecule has 2 heterocycles. The number of amides is 1. The van der Waals surface area contributed by atoms with Crippen LogP contribution in [0, 0.1) is 0 Å². The molecule has 0 aliphatic carbocycles. The summed E-state index contributed by atoms with van der Waals surface area (Å²) in [6, 6.07) is 10.6. The molecule has 0 saturated carbocycles. The highest BCUT2D eigenvalue weighted by Gasteiger charge is 2.35. The van der Waals surface area contributed by atoms with Crippen molar-refractivity contribution in [3.63, 3.8) is 0 Å². The number of ether oxygens (including phenoxy) is 1. The highest BCUT2D eigenvalue weighted by molar-refractivity contribution is 5.91. The van der Waals surface area contributed by atoms with Gasteiger partial charge in [-0.1, -0.05) is 18.2 Å². The van der Waals surface area contributed by atoms with E-state index in [0.29, 0.717) is 6.54 Å². The second-order valence-corrected chi connectivity index (χ2v) is 7.84. The van der Waals surface area contributed by atoms with Crippen LogP contribution in [0.5, 0.6) is 0 Å². The Balaban J connectivity index is 1.84. The van der Waals surface area contributed by atoms with Crippen molar-refractivity contribution in [3.8, 4) is 0 Å². The molecule has 1 saturated heterocycles. The Morgan fingerprint density at radius 3 is 2.56 bits per heavy atom. The van der Waals surface area contributed by atoms with Crippen LogP contribution in [0.2, 0.25) is 0 Å². The van der Waals surface area contributed by atoms with E-state index in [1.807, 2.05) is 37.9 Å². The molecule has 0 radical (unpaired) electrons. The number of fused-ring (bicyclic) bond motifs is 1. The number of hydrogen-bond donors (Lipinski definition) is 0. The van der Waals surface area contributed by atoms with Crippen molar-refractivity contribution >= 4 is 22.7 Å². The Bertz CT molecular complexity index is 764. The average Bonchev–Trinajstić information content (AvgIpc) is 2.54. The summed E-state index contributed by atoms with van der Waals surface area (Å²) < 4.78 is 5.56. The zero-order valence-electron chi connectivity index (χ0n) is 15.7. The number of pyridine rings is 1. The Hall–Kier alpha value is -2.30. The number of piperazine rings is 1. The first kappa shape index (κ1) is 17.5. The van der Waals surface area contributed by atoms with Crippen molar-refractivity contribution in [3.05, 3.63) is 36.5 Å². The standard InChI is InChI=1S/C20H27N3O2/c1-14-13-23(19(24)25-20(3,4)5)15(2)12-22(14)17-10-6-8-16-9-7-11-21-18(16)17/h6-11,14-15H,12-13H2,1-5H3/t14-,15-/m0/s1. The number of anilines is 1. The van der Waals surface area contributed by atoms with E-state index in [2.05, 4.69) is 48.0 Å². The van der Waals surface area contributed by atoms with Gasteiger partial charge in [0.05, 0.1) is 11.2 Å². The predicted octanol–water partition coefficient (Wildman–Crippen LogP) is 4.07. The van der Waals surface area contributed by atoms with Gasteiger partial charge in [-0.3, -0.25) is 4.98 Å². The third-order valence-corrected chi connectivity index (χ3v) is 4.53. The van der Waals surface area contributed by atoms with E-state index in [-0.39, 0.29) is 18.2 Å². The molecule has 1 aliphatic rings. The van der Waals surface area contributed by atoms with Crippen LogP contribution in [0.4, 0.5) is 10.5 Å². The van der Waals surface area contributed by atoms with Gasteiger partial charge < -0.3 is 14.5 Å². The van der Waals surface area contributed by atoms with Gasteiger partial charge in [0.2, 0.25) is 0 Å². The first-order chi connectivity index (χ1) is 11.8. The summed E-state index contributed by atoms with van der Waals surface area (Å²) in [6.45, 7) is 11.3. The number of aromatic nitrogens is 1. The molecule has 1 aliphatic heterocycles. The molecular weight excluding hydrogens is 314 g/mol. The normalized spacial score (nSPS) is 21.5. The van der Waals surface area contributed by atoms with E-state index in [1.165, 1.54) is 0 Å². The summed E-state index contributed by atoms with van der Waals surface area (Å²) in [5, 5.41) is 1.13. The van der Waals surface area contributed by atoms with Crippen LogP contribution in [0.1, 0.15) is 34.6 Å². The van der Waals surface area contributed by atoms with E-state index in [9.17, 15) is 4.79 Å². The second kappa shape index (κ2) is 6.54. The lowest BCUT2D eigenvalue weighted by Gasteiger charge is -2.45. The van der Waals surface area contributed by atoms with Crippen LogP contribution >= 0.6 is 0 Å². The number of benzene rings is 1. The number of hydrogen-bond acceptors (Lipinski definition) is 4. The maximum Gasteiger partial charge on any atom is 0.410 e. The topological polar surface area (TPSA) is 45.7 Å². The molecule has 2 atom stereocenters. The molecule has 0 unspecified atom stereocenters. The molecule has 1 aromatic carbocycles. The summed E-state index contributed by atoms with van der Waals surface area (Å²) in [4.78, 5) is 21.3. The van der Waals surface area contributed by atoms with Gasteiger partial charge in [-0.15, -0.1) is 0 Å². The second-order valence-electron chi connectivity index (χ2n) is 7.84. The van der Waals surface area contributed by atoms with E-state index in [1.54, 1.807) is 0 Å². The molecule has 3 rings (SSSR count). The highest BCUT2D eigenvalue weighted by Crippen LogP contribution is 2.30. The van der Waals surface area contributed by atoms with Gasteiger partial charge in [-0.05, 0) is 46.8 Å². The molecular formula is C20H27N3O2. The third kappa shape index (κ3) is 3.70. The summed E-state index contributed by atoms with van der Waals surface area (Å²) in [6.07, 6.45) is 1.60. The van der Waals surface area contributed by atoms with Gasteiger partial charge in [0.1, 0.15) is 5.60 Å². The van der Waals surface area contributed by atoms with Gasteiger partial charge in [0, 0.05) is 36.8 Å². The van der Waals surface area contributed by atoms with Crippen molar-refractivity contribution in [2.75, 3.05) is 18.0 Å². The summed E-state index contributed by atoms with van der Waals surface area (Å²) in [7, 11) is 0. The molecule has 1 amide bonds. The molecule has 0 bridgehead atoms. The monoisotopic (exact) mass is 341 g/mol. The largest absolute Gasteiger partial charge is 0.444 e. The van der Waals surface area contributed by atoms with Crippen LogP contribution in [-0.4, -0.2) is 46.8 Å². The molecule has 1 fully saturated rings. The third-order valence-electron chi connectivity index (χ3n) is 4.53. The number of carbonyl (C=O) groups is 1. The van der Waals surface area contributed by atoms with E-state index < -0.39 is 5.60 Å². The Morgan fingerprint density at radius 2 is 1.84 bits per heavy atom. The molecule has 25 heavy (non-hydrogen) atoms. The molecule has 0 spiro atoms. The minimum Gasteiger partial charge on any atom is -0.444 e. The van der Waals surface area contributed by atoms with Crippen LogP contribution in [0.15, 0.2) is 36.5 Å². The summed E-state index contributed by atoms with van der Waals surface area (Å²) in [5.41, 5.74) is 1.66. The number of rotatable bonds is 1. The lowest BCUT2D eigenvalue weighted by Crippen LogP contribution is -2.59. The zero-order chi connectivity index (χ0) is 18.2. The first-order valence-corrected chi connectivity index (χ1v) is 8.86. The fourth-order valence-electron chi connectivity index (χ4n) is 3.36. The number of para-hydroxylation sites is 1. The summed E-state index contributed by atoms with van der Waals surface area (Å²) in [5.74, 6) is 0. The van der Waals surface area contributed by atoms with Crippen molar-refractivity contribution in [1.82, 2.24) is 9.88 Å². The van der Waals surface area contributed by atoms with Gasteiger partial charge >= 0.3 is 6.09 Å². The van der Waals surface area contributed by atoms with Gasteiger partial charge in [-0.2, -0.15) is 0 Å². The predicted molar refractivity (Wildman–Crippen MR) is 101 cm³/mol. The smallest absolute Gasteiger partial charge is 0.410 e. The van der Waals surface area contributed by atoms with Crippen molar-refractivity contribution in [2.24, 2.45) is 0 Å². The van der Waals surface area contributed by atoms with Crippen molar-refractivity contribution in [2.45, 2.75) is 52.3 Å². The minimum absolute atomic E-state index is 0.0741. The molecule has 134 valence electrons. The van der Waals surface area contributed by atoms with Crippen LogP contribution in [-0.2, 0) is 4.74 Å². The lowest BCUT2D eigenvalue weighted by atomic mass is 10.1. The van der Waals surface area contributed by atoms with E-state index >= 15 is 0 Å². The van der Waals surface area contributed by atoms with E-state index in [0.717, 1.165) is 23.1 Å². The quantitative estimate of drug-likeness (QED) is 0.784. The lowest BCUT2D eigenvalue weighted by molar-refractivity contribution is 0.0130. The Labute approximate surface area is 149 Å². The maximum atomic E-state index is 12.5. The zero-order valence-corrected chi connectivity index (χ0v) is 15.7. The average molecular weight is 341 g/mol. The Morgan fingerprint density at radius 1 is 1.12 bits per heavy atom. The van der Waals surface area contributed by atoms with Gasteiger partial charge in [0.25, 0.3) is 0 Å². The van der Waals surface area contributed by atoms with Gasteiger partial charge in [-0.25, -0.2) is 4.79 Å². The maximum absolute atomic E-state index is 12.5. The number of nitrogens with zero attached hydrogens (tertiary/aromatic N) is 3. The molecule has 5 heteroatoms. The van der Waals surface area contributed by atoms with E-state index in [4.69, 9.17) is 4.74 Å². The fraction of sp³-hybridized carbons (Fsp3) is 0.500. The fourth-order valence-corrected chi connectivity index (χ4v) is 3.36. The van der Waals surface area contributed by atoms with Crippen molar-refractivity contribution < 1.29 is 9.53 Å². The molecule has 5 nitrogen and oxygen atoms in total. The molecule has 0 N–H and O–H groups in total. The minimum atomic E-state index is -0.475. The summed E-state index contributed by atoms with van der Waals surface area (Å²) >= 11 is 0. The molecule has 2 aromatic rings.